The van der Waals surface area contributed by atoms with Crippen molar-refractivity contribution in [1.82, 2.24) is 0 Å². The van der Waals surface area contributed by atoms with E-state index in [1.54, 1.807) is 19.9 Å². The molecule has 0 aromatic heterocycles. The van der Waals surface area contributed by atoms with Crippen molar-refractivity contribution in [2.75, 3.05) is 0 Å². The molecule has 0 saturated carbocycles. The Morgan fingerprint density at radius 2 is 1.87 bits per heavy atom. The second kappa shape index (κ2) is 2.89. The Morgan fingerprint density at radius 3 is 2.47 bits per heavy atom. The van der Waals surface area contributed by atoms with Gasteiger partial charge >= 0.3 is 5.97 Å². The van der Waals surface area contributed by atoms with Crippen LogP contribution in [-0.4, -0.2) is 16.9 Å². The van der Waals surface area contributed by atoms with Crippen molar-refractivity contribution < 1.29 is 19.4 Å². The molecule has 80 valence electrons. The topological polar surface area (TPSA) is 55.8 Å². The van der Waals surface area contributed by atoms with Gasteiger partial charge in [0, 0.05) is 13.8 Å². The third kappa shape index (κ3) is 1.52. The summed E-state index contributed by atoms with van der Waals surface area (Å²) in [6.07, 6.45) is 0. The van der Waals surface area contributed by atoms with E-state index >= 15 is 0 Å². The van der Waals surface area contributed by atoms with Crippen LogP contribution in [0.4, 0.5) is 0 Å². The van der Waals surface area contributed by atoms with E-state index in [0.29, 0.717) is 11.5 Å². The van der Waals surface area contributed by atoms with Gasteiger partial charge in [-0.25, -0.2) is 4.79 Å². The van der Waals surface area contributed by atoms with Gasteiger partial charge in [0.1, 0.15) is 5.56 Å². The number of rotatable bonds is 1. The second-order valence-electron chi connectivity index (χ2n) is 4.00. The molecule has 0 aliphatic carbocycles. The number of fused-ring (bicyclic) bond motifs is 1. The van der Waals surface area contributed by atoms with Gasteiger partial charge in [0.2, 0.25) is 5.79 Å². The van der Waals surface area contributed by atoms with Crippen molar-refractivity contribution in [2.45, 2.75) is 26.6 Å². The van der Waals surface area contributed by atoms with Crippen LogP contribution in [0.2, 0.25) is 0 Å². The summed E-state index contributed by atoms with van der Waals surface area (Å²) in [6.45, 7) is 5.35. The van der Waals surface area contributed by atoms with Gasteiger partial charge in [-0.2, -0.15) is 0 Å². The van der Waals surface area contributed by atoms with E-state index in [1.807, 2.05) is 6.92 Å². The minimum absolute atomic E-state index is 0.140. The average molecular weight is 208 g/mol. The number of aryl methyl sites for hydroxylation is 1. The minimum atomic E-state index is -1.01. The normalized spacial score (nSPS) is 16.5. The van der Waals surface area contributed by atoms with Crippen LogP contribution in [0, 0.1) is 6.92 Å². The van der Waals surface area contributed by atoms with Crippen LogP contribution in [0.25, 0.3) is 0 Å². The molecule has 0 saturated heterocycles. The molecular formula is C11H12O4. The highest BCUT2D eigenvalue weighted by atomic mass is 16.7. The molecule has 0 unspecified atom stereocenters. The quantitative estimate of drug-likeness (QED) is 0.768. The molecule has 4 heteroatoms. The van der Waals surface area contributed by atoms with Crippen LogP contribution in [-0.2, 0) is 0 Å². The third-order valence-corrected chi connectivity index (χ3v) is 2.24. The highest BCUT2D eigenvalue weighted by molar-refractivity contribution is 5.92. The Bertz CT molecular complexity index is 434. The van der Waals surface area contributed by atoms with Crippen molar-refractivity contribution >= 4 is 5.97 Å². The first kappa shape index (κ1) is 9.83. The zero-order valence-corrected chi connectivity index (χ0v) is 8.83. The number of benzene rings is 1. The molecule has 1 aliphatic heterocycles. The van der Waals surface area contributed by atoms with E-state index in [2.05, 4.69) is 0 Å². The van der Waals surface area contributed by atoms with E-state index in [1.165, 1.54) is 6.07 Å². The Kier molecular flexibility index (Phi) is 1.89. The third-order valence-electron chi connectivity index (χ3n) is 2.24. The molecule has 15 heavy (non-hydrogen) atoms. The van der Waals surface area contributed by atoms with Gasteiger partial charge in [-0.1, -0.05) is 6.07 Å². The van der Waals surface area contributed by atoms with Gasteiger partial charge in [0.25, 0.3) is 0 Å². The minimum Gasteiger partial charge on any atom is -0.478 e. The fourth-order valence-electron chi connectivity index (χ4n) is 1.57. The molecular weight excluding hydrogens is 196 g/mol. The highest BCUT2D eigenvalue weighted by Gasteiger charge is 2.36. The molecule has 0 amide bonds. The predicted octanol–water partition coefficient (Wildman–Crippen LogP) is 2.20. The number of ether oxygens (including phenoxy) is 2. The number of aromatic carboxylic acids is 1. The van der Waals surface area contributed by atoms with Gasteiger partial charge in [-0.15, -0.1) is 0 Å². The lowest BCUT2D eigenvalue weighted by Gasteiger charge is -2.16. The summed E-state index contributed by atoms with van der Waals surface area (Å²) in [4.78, 5) is 10.9. The predicted molar refractivity (Wildman–Crippen MR) is 53.5 cm³/mol. The molecule has 2 rings (SSSR count). The highest BCUT2D eigenvalue weighted by Crippen LogP contribution is 2.44. The van der Waals surface area contributed by atoms with Crippen molar-refractivity contribution in [3.63, 3.8) is 0 Å². The van der Waals surface area contributed by atoms with Crippen LogP contribution in [0.1, 0.15) is 29.8 Å². The van der Waals surface area contributed by atoms with E-state index in [0.717, 1.165) is 5.56 Å². The van der Waals surface area contributed by atoms with E-state index in [-0.39, 0.29) is 5.56 Å². The molecule has 0 spiro atoms. The lowest BCUT2D eigenvalue weighted by atomic mass is 10.1. The number of carboxylic acids is 1. The van der Waals surface area contributed by atoms with Crippen molar-refractivity contribution in [1.29, 1.82) is 0 Å². The molecule has 0 radical (unpaired) electrons. The number of hydrogen-bond donors (Lipinski definition) is 1. The second-order valence-corrected chi connectivity index (χ2v) is 4.00. The maximum Gasteiger partial charge on any atom is 0.339 e. The van der Waals surface area contributed by atoms with Crippen LogP contribution in [0.3, 0.4) is 0 Å². The largest absolute Gasteiger partial charge is 0.478 e. The van der Waals surface area contributed by atoms with Gasteiger partial charge < -0.3 is 14.6 Å². The molecule has 0 bridgehead atoms. The van der Waals surface area contributed by atoms with E-state index in [9.17, 15) is 4.79 Å². The Morgan fingerprint density at radius 1 is 1.27 bits per heavy atom. The Balaban J connectivity index is 2.60. The molecule has 1 aromatic carbocycles. The van der Waals surface area contributed by atoms with Gasteiger partial charge in [-0.05, 0) is 18.6 Å². The molecule has 1 aliphatic rings. The lowest BCUT2D eigenvalue weighted by molar-refractivity contribution is -0.0436. The van der Waals surface area contributed by atoms with E-state index < -0.39 is 11.8 Å². The van der Waals surface area contributed by atoms with Crippen LogP contribution in [0.15, 0.2) is 12.1 Å². The first-order valence-corrected chi connectivity index (χ1v) is 4.65. The molecule has 4 nitrogen and oxygen atoms in total. The van der Waals surface area contributed by atoms with E-state index in [4.69, 9.17) is 14.6 Å². The summed E-state index contributed by atoms with van der Waals surface area (Å²) in [6, 6.07) is 3.24. The number of carboxylic acid groups (broad SMARTS) is 1. The SMILES string of the molecule is Cc1ccc(C(=O)O)c2c1OC(C)(C)O2. The Hall–Kier alpha value is -1.71. The monoisotopic (exact) mass is 208 g/mol. The summed E-state index contributed by atoms with van der Waals surface area (Å²) in [7, 11) is 0. The molecule has 0 fully saturated rings. The maximum atomic E-state index is 10.9. The van der Waals surface area contributed by atoms with Gasteiger partial charge in [-0.3, -0.25) is 0 Å². The number of carbonyl (C=O) groups is 1. The zero-order valence-electron chi connectivity index (χ0n) is 8.83. The summed E-state index contributed by atoms with van der Waals surface area (Å²) >= 11 is 0. The fourth-order valence-corrected chi connectivity index (χ4v) is 1.57. The average Bonchev–Trinajstić information content (AvgIpc) is 2.41. The molecule has 1 aromatic rings. The maximum absolute atomic E-state index is 10.9. The smallest absolute Gasteiger partial charge is 0.339 e. The summed E-state index contributed by atoms with van der Waals surface area (Å²) in [5.74, 6) is -0.946. The summed E-state index contributed by atoms with van der Waals surface area (Å²) in [5.41, 5.74) is 1.02. The van der Waals surface area contributed by atoms with Gasteiger partial charge in [0.05, 0.1) is 0 Å². The zero-order chi connectivity index (χ0) is 11.2. The molecule has 0 atom stereocenters. The fraction of sp³-hybridized carbons (Fsp3) is 0.364. The van der Waals surface area contributed by atoms with Crippen molar-refractivity contribution in [3.8, 4) is 11.5 Å². The number of hydrogen-bond acceptors (Lipinski definition) is 3. The first-order valence-electron chi connectivity index (χ1n) is 4.65. The van der Waals surface area contributed by atoms with Crippen molar-refractivity contribution in [3.05, 3.63) is 23.3 Å². The molecule has 1 heterocycles. The summed E-state index contributed by atoms with van der Waals surface area (Å²) < 4.78 is 11.0. The standard InChI is InChI=1S/C11H12O4/c1-6-4-5-7(10(12)13)9-8(6)14-11(2,3)15-9/h4-5H,1-3H3,(H,12,13). The van der Waals surface area contributed by atoms with Crippen molar-refractivity contribution in [2.24, 2.45) is 0 Å². The lowest BCUT2D eigenvalue weighted by Crippen LogP contribution is -2.30. The first-order chi connectivity index (χ1) is 6.91. The van der Waals surface area contributed by atoms with Crippen LogP contribution < -0.4 is 9.47 Å². The molecule has 1 N–H and O–H groups in total. The van der Waals surface area contributed by atoms with Crippen LogP contribution in [0.5, 0.6) is 11.5 Å². The Labute approximate surface area is 87.4 Å². The summed E-state index contributed by atoms with van der Waals surface area (Å²) in [5, 5.41) is 8.97. The van der Waals surface area contributed by atoms with Crippen LogP contribution >= 0.6 is 0 Å². The van der Waals surface area contributed by atoms with Gasteiger partial charge in [0.15, 0.2) is 11.5 Å².